The van der Waals surface area contributed by atoms with E-state index in [9.17, 15) is 0 Å². The van der Waals surface area contributed by atoms with E-state index >= 15 is 0 Å². The van der Waals surface area contributed by atoms with Crippen LogP contribution in [0.4, 0.5) is 5.82 Å². The van der Waals surface area contributed by atoms with Crippen molar-refractivity contribution in [2.24, 2.45) is 0 Å². The number of nitrogens with zero attached hydrogens (tertiary/aromatic N) is 2. The zero-order chi connectivity index (χ0) is 9.97. The third kappa shape index (κ3) is 2.04. The molecule has 5 heteroatoms. The Hall–Kier alpha value is -0.680. The summed E-state index contributed by atoms with van der Waals surface area (Å²) in [4.78, 5) is 0. The third-order valence-corrected chi connectivity index (χ3v) is 2.94. The second-order valence-electron chi connectivity index (χ2n) is 3.36. The fraction of sp³-hybridized carbons (Fsp3) is 0.556. The minimum atomic E-state index is 0.0909. The lowest BCUT2D eigenvalue weighted by Crippen LogP contribution is -2.13. The van der Waals surface area contributed by atoms with Gasteiger partial charge in [0.2, 0.25) is 0 Å². The van der Waals surface area contributed by atoms with Gasteiger partial charge < -0.3 is 10.5 Å². The molecule has 2 rings (SSSR count). The first-order valence-corrected chi connectivity index (χ1v) is 5.47. The van der Waals surface area contributed by atoms with Gasteiger partial charge in [-0.15, -0.1) is 5.10 Å². The number of anilines is 1. The highest BCUT2D eigenvalue weighted by Gasteiger charge is 2.18. The van der Waals surface area contributed by atoms with Crippen molar-refractivity contribution in [2.45, 2.75) is 25.4 Å². The lowest BCUT2D eigenvalue weighted by molar-refractivity contribution is 0.0118. The molecule has 0 aromatic carbocycles. The van der Waals surface area contributed by atoms with E-state index in [0.29, 0.717) is 5.82 Å². The van der Waals surface area contributed by atoms with Gasteiger partial charge in [-0.2, -0.15) is 5.10 Å². The second-order valence-corrected chi connectivity index (χ2v) is 4.21. The molecule has 1 saturated heterocycles. The average Bonchev–Trinajstić information content (AvgIpc) is 2.23. The van der Waals surface area contributed by atoms with Crippen molar-refractivity contribution in [3.8, 4) is 0 Å². The molecule has 0 saturated carbocycles. The maximum absolute atomic E-state index is 5.59. The number of ether oxygens (including phenoxy) is 1. The molecule has 1 fully saturated rings. The van der Waals surface area contributed by atoms with Gasteiger partial charge in [-0.1, -0.05) is 0 Å². The number of hydrogen-bond donors (Lipinski definition) is 1. The molecule has 1 aliphatic rings. The van der Waals surface area contributed by atoms with Crippen LogP contribution < -0.4 is 5.73 Å². The summed E-state index contributed by atoms with van der Waals surface area (Å²) in [6.07, 6.45) is 3.44. The molecule has 0 spiro atoms. The molecule has 0 aliphatic carbocycles. The third-order valence-electron chi connectivity index (χ3n) is 2.30. The van der Waals surface area contributed by atoms with E-state index in [2.05, 4.69) is 26.1 Å². The summed E-state index contributed by atoms with van der Waals surface area (Å²) in [5.74, 6) is 0.421. The summed E-state index contributed by atoms with van der Waals surface area (Å²) in [5, 5.41) is 7.89. The van der Waals surface area contributed by atoms with Crippen LogP contribution in [-0.4, -0.2) is 16.8 Å². The standard InChI is InChI=1S/C9H12BrN3O/c10-6-5-7(12-13-9(6)11)8-3-1-2-4-14-8/h5,8H,1-4H2,(H2,11,13). The van der Waals surface area contributed by atoms with Crippen molar-refractivity contribution in [3.05, 3.63) is 16.2 Å². The van der Waals surface area contributed by atoms with E-state index in [4.69, 9.17) is 10.5 Å². The molecular weight excluding hydrogens is 246 g/mol. The van der Waals surface area contributed by atoms with Gasteiger partial charge in [-0.3, -0.25) is 0 Å². The van der Waals surface area contributed by atoms with Crippen LogP contribution >= 0.6 is 15.9 Å². The number of nitrogen functional groups attached to an aromatic ring is 1. The molecule has 14 heavy (non-hydrogen) atoms. The van der Waals surface area contributed by atoms with Crippen molar-refractivity contribution < 1.29 is 4.74 Å². The van der Waals surface area contributed by atoms with Gasteiger partial charge in [0.05, 0.1) is 10.2 Å². The lowest BCUT2D eigenvalue weighted by atomic mass is 10.1. The molecule has 0 bridgehead atoms. The van der Waals surface area contributed by atoms with E-state index < -0.39 is 0 Å². The molecule has 4 nitrogen and oxygen atoms in total. The van der Waals surface area contributed by atoms with E-state index in [1.165, 1.54) is 6.42 Å². The van der Waals surface area contributed by atoms with Crippen molar-refractivity contribution in [3.63, 3.8) is 0 Å². The molecule has 0 radical (unpaired) electrons. The molecule has 1 aromatic heterocycles. The van der Waals surface area contributed by atoms with E-state index in [1.54, 1.807) is 0 Å². The number of halogens is 1. The van der Waals surface area contributed by atoms with Crippen molar-refractivity contribution in [1.29, 1.82) is 0 Å². The first-order chi connectivity index (χ1) is 6.77. The summed E-state index contributed by atoms with van der Waals surface area (Å²) in [6.45, 7) is 0.814. The molecule has 0 amide bonds. The average molecular weight is 258 g/mol. The first-order valence-electron chi connectivity index (χ1n) is 4.67. The Bertz CT molecular complexity index is 326. The summed E-state index contributed by atoms with van der Waals surface area (Å²) in [5.41, 5.74) is 6.42. The molecule has 1 unspecified atom stereocenters. The SMILES string of the molecule is Nc1nnc(C2CCCCO2)cc1Br. The van der Waals surface area contributed by atoms with Gasteiger partial charge in [0.1, 0.15) is 6.10 Å². The van der Waals surface area contributed by atoms with Crippen LogP contribution in [0, 0.1) is 0 Å². The maximum Gasteiger partial charge on any atom is 0.160 e. The predicted molar refractivity (Wildman–Crippen MR) is 56.7 cm³/mol. The second kappa shape index (κ2) is 4.23. The van der Waals surface area contributed by atoms with Gasteiger partial charge >= 0.3 is 0 Å². The zero-order valence-electron chi connectivity index (χ0n) is 7.74. The van der Waals surface area contributed by atoms with Crippen LogP contribution in [0.2, 0.25) is 0 Å². The van der Waals surface area contributed by atoms with E-state index in [1.807, 2.05) is 6.07 Å². The fourth-order valence-corrected chi connectivity index (χ4v) is 1.84. The topological polar surface area (TPSA) is 61.0 Å². The maximum atomic E-state index is 5.59. The summed E-state index contributed by atoms with van der Waals surface area (Å²) in [6, 6.07) is 1.89. The molecule has 1 atom stereocenters. The molecule has 76 valence electrons. The number of aromatic nitrogens is 2. The lowest BCUT2D eigenvalue weighted by Gasteiger charge is -2.21. The summed E-state index contributed by atoms with van der Waals surface area (Å²) < 4.78 is 6.38. The molecule has 2 N–H and O–H groups in total. The van der Waals surface area contributed by atoms with Crippen LogP contribution in [-0.2, 0) is 4.74 Å². The number of rotatable bonds is 1. The Balaban J connectivity index is 2.18. The Morgan fingerprint density at radius 3 is 2.93 bits per heavy atom. The van der Waals surface area contributed by atoms with E-state index in [0.717, 1.165) is 29.6 Å². The first kappa shape index (κ1) is 9.86. The van der Waals surface area contributed by atoms with Gasteiger partial charge in [-0.25, -0.2) is 0 Å². The highest BCUT2D eigenvalue weighted by atomic mass is 79.9. The fourth-order valence-electron chi connectivity index (χ4n) is 1.52. The highest BCUT2D eigenvalue weighted by Crippen LogP contribution is 2.28. The normalized spacial score (nSPS) is 22.2. The Labute approximate surface area is 91.0 Å². The monoisotopic (exact) mass is 257 g/mol. The molecular formula is C9H12BrN3O. The Morgan fingerprint density at radius 1 is 1.43 bits per heavy atom. The van der Waals surface area contributed by atoms with Crippen LogP contribution in [0.15, 0.2) is 10.5 Å². The number of hydrogen-bond acceptors (Lipinski definition) is 4. The van der Waals surface area contributed by atoms with Crippen LogP contribution in [0.5, 0.6) is 0 Å². The van der Waals surface area contributed by atoms with Crippen LogP contribution in [0.1, 0.15) is 31.1 Å². The van der Waals surface area contributed by atoms with Crippen molar-refractivity contribution in [2.75, 3.05) is 12.3 Å². The van der Waals surface area contributed by atoms with Gasteiger partial charge in [0.25, 0.3) is 0 Å². The van der Waals surface area contributed by atoms with Gasteiger partial charge in [-0.05, 0) is 41.3 Å². The quantitative estimate of drug-likeness (QED) is 0.837. The minimum Gasteiger partial charge on any atom is -0.381 e. The van der Waals surface area contributed by atoms with E-state index in [-0.39, 0.29) is 6.10 Å². The van der Waals surface area contributed by atoms with Gasteiger partial charge in [0, 0.05) is 6.61 Å². The summed E-state index contributed by atoms with van der Waals surface area (Å²) >= 11 is 3.33. The smallest absolute Gasteiger partial charge is 0.160 e. The largest absolute Gasteiger partial charge is 0.381 e. The number of nitrogens with two attached hydrogens (primary N) is 1. The molecule has 2 heterocycles. The predicted octanol–water partition coefficient (Wildman–Crippen LogP) is 2.06. The molecule has 1 aromatic rings. The van der Waals surface area contributed by atoms with Gasteiger partial charge in [0.15, 0.2) is 5.82 Å². The highest BCUT2D eigenvalue weighted by molar-refractivity contribution is 9.10. The van der Waals surface area contributed by atoms with Crippen LogP contribution in [0.25, 0.3) is 0 Å². The summed E-state index contributed by atoms with van der Waals surface area (Å²) in [7, 11) is 0. The van der Waals surface area contributed by atoms with Crippen LogP contribution in [0.3, 0.4) is 0 Å². The Morgan fingerprint density at radius 2 is 2.29 bits per heavy atom. The zero-order valence-corrected chi connectivity index (χ0v) is 9.33. The van der Waals surface area contributed by atoms with Crippen molar-refractivity contribution in [1.82, 2.24) is 10.2 Å². The van der Waals surface area contributed by atoms with Crippen molar-refractivity contribution >= 4 is 21.7 Å². The molecule has 1 aliphatic heterocycles. The minimum absolute atomic E-state index is 0.0909. The Kier molecular flexibility index (Phi) is 2.98.